The van der Waals surface area contributed by atoms with Crippen molar-refractivity contribution in [3.63, 3.8) is 0 Å². The second kappa shape index (κ2) is 7.16. The van der Waals surface area contributed by atoms with Gasteiger partial charge in [0.15, 0.2) is 0 Å². The van der Waals surface area contributed by atoms with Crippen molar-refractivity contribution in [1.29, 1.82) is 0 Å². The molecule has 192 valence electrons. The van der Waals surface area contributed by atoms with Crippen molar-refractivity contribution in [3.05, 3.63) is 0 Å². The minimum atomic E-state index is -0.825. The van der Waals surface area contributed by atoms with E-state index in [1.807, 2.05) is 21.3 Å². The number of hydrogen-bond acceptors (Lipinski definition) is 8. The van der Waals surface area contributed by atoms with Crippen LogP contribution in [0.25, 0.3) is 0 Å². The molecule has 2 aliphatic heterocycles. The molecule has 8 nitrogen and oxygen atoms in total. The highest BCUT2D eigenvalue weighted by Crippen LogP contribution is 2.82. The summed E-state index contributed by atoms with van der Waals surface area (Å²) in [6, 6.07) is 0.0378. The normalized spacial score (nSPS) is 61.1. The van der Waals surface area contributed by atoms with Crippen molar-refractivity contribution < 1.29 is 33.5 Å². The topological polar surface area (TPSA) is 78.9 Å². The zero-order chi connectivity index (χ0) is 23.7. The Balaban J connectivity index is 1.55. The molecule has 3 spiro atoms. The average molecular weight is 480 g/mol. The molecule has 0 unspecified atom stereocenters. The summed E-state index contributed by atoms with van der Waals surface area (Å²) < 4.78 is 38.3. The van der Waals surface area contributed by atoms with Crippen LogP contribution in [0, 0.1) is 34.5 Å². The number of piperidine rings is 1. The van der Waals surface area contributed by atoms with Gasteiger partial charge in [0.1, 0.15) is 18.0 Å². The van der Waals surface area contributed by atoms with Crippen molar-refractivity contribution in [2.45, 2.75) is 74.3 Å². The molecule has 8 heteroatoms. The zero-order valence-electron chi connectivity index (χ0n) is 21.2. The number of methoxy groups -OCH3 is 4. The summed E-state index contributed by atoms with van der Waals surface area (Å²) >= 11 is 0. The van der Waals surface area contributed by atoms with Crippen molar-refractivity contribution in [2.75, 3.05) is 54.9 Å². The van der Waals surface area contributed by atoms with E-state index in [2.05, 4.69) is 11.8 Å². The van der Waals surface area contributed by atoms with Gasteiger partial charge in [0.25, 0.3) is 0 Å². The Morgan fingerprint density at radius 3 is 2.59 bits per heavy atom. The van der Waals surface area contributed by atoms with Crippen LogP contribution < -0.4 is 0 Å². The van der Waals surface area contributed by atoms with Gasteiger partial charge in [0.2, 0.25) is 0 Å². The molecule has 1 N–H and O–H groups in total. The summed E-state index contributed by atoms with van der Waals surface area (Å²) in [6.45, 7) is 4.93. The van der Waals surface area contributed by atoms with Crippen LogP contribution in [0.3, 0.4) is 0 Å². The Labute approximate surface area is 202 Å². The van der Waals surface area contributed by atoms with Gasteiger partial charge in [-0.3, -0.25) is 4.90 Å². The number of ether oxygens (including phenoxy) is 6. The number of hydrogen-bond donors (Lipinski definition) is 1. The molecule has 0 aromatic carbocycles. The van der Waals surface area contributed by atoms with Crippen LogP contribution in [0.5, 0.6) is 0 Å². The second-order valence-electron chi connectivity index (χ2n) is 12.2. The molecule has 7 fully saturated rings. The fourth-order valence-electron chi connectivity index (χ4n) is 11.7. The van der Waals surface area contributed by atoms with Gasteiger partial charge in [0, 0.05) is 70.0 Å². The SMILES string of the molecule is CCN1C[C@]2(COC)CC[C@H](OC)[C@@]34[C@@H]5C[C@@H]6[C@H](OC)[C@@H]5[C@@]5(C[C@@H]6OC)OCO[C@@]5([C@@H](O)[C@H]23)[C@@H]14. The minimum absolute atomic E-state index is 0.0240. The first kappa shape index (κ1) is 22.8. The van der Waals surface area contributed by atoms with E-state index in [1.54, 1.807) is 7.11 Å². The van der Waals surface area contributed by atoms with Crippen LogP contribution in [-0.2, 0) is 28.4 Å². The molecule has 0 aromatic heterocycles. The molecular weight excluding hydrogens is 438 g/mol. The van der Waals surface area contributed by atoms with E-state index in [1.165, 1.54) is 0 Å². The lowest BCUT2D eigenvalue weighted by Crippen LogP contribution is -2.81. The number of likely N-dealkylation sites (N-methyl/N-ethyl adjacent to an activating group) is 1. The lowest BCUT2D eigenvalue weighted by Gasteiger charge is -2.70. The van der Waals surface area contributed by atoms with E-state index >= 15 is 0 Å². The fraction of sp³-hybridized carbons (Fsp3) is 1.00. The first-order valence-electron chi connectivity index (χ1n) is 13.2. The standard InChI is InChI=1S/C26H41NO7/c1-6-27-11-23(12-29-2)8-7-17(31-4)25-15-9-14-16(30-3)10-24(18(15)19(14)32-5)26(22(25)27,34-13-33-24)21(28)20(23)25/h14-22,28H,6-13H2,1-5H3/t14-,15+,16-,17-,18+,19-,20+,21-,22-,23-,24+,25-,26-/m0/s1. The smallest absolute Gasteiger partial charge is 0.148 e. The van der Waals surface area contributed by atoms with Crippen molar-refractivity contribution in [1.82, 2.24) is 4.90 Å². The summed E-state index contributed by atoms with van der Waals surface area (Å²) in [5.41, 5.74) is -1.83. The number of fused-ring (bicyclic) bond motifs is 1. The number of likely N-dealkylation sites (tertiary alicyclic amines) is 1. The molecule has 34 heavy (non-hydrogen) atoms. The Bertz CT molecular complexity index is 859. The van der Waals surface area contributed by atoms with Gasteiger partial charge >= 0.3 is 0 Å². The highest BCUT2D eigenvalue weighted by atomic mass is 16.7. The van der Waals surface area contributed by atoms with Crippen LogP contribution in [0.4, 0.5) is 0 Å². The molecule has 0 amide bonds. The van der Waals surface area contributed by atoms with Gasteiger partial charge in [-0.2, -0.15) is 0 Å². The van der Waals surface area contributed by atoms with Crippen LogP contribution in [0.2, 0.25) is 0 Å². The molecule has 7 rings (SSSR count). The van der Waals surface area contributed by atoms with Gasteiger partial charge in [0.05, 0.1) is 37.1 Å². The van der Waals surface area contributed by atoms with Crippen LogP contribution in [-0.4, -0.2) is 107 Å². The zero-order valence-corrected chi connectivity index (χ0v) is 21.2. The van der Waals surface area contributed by atoms with Crippen LogP contribution >= 0.6 is 0 Å². The van der Waals surface area contributed by atoms with E-state index in [0.717, 1.165) is 38.8 Å². The molecule has 5 aliphatic carbocycles. The van der Waals surface area contributed by atoms with Gasteiger partial charge in [-0.15, -0.1) is 0 Å². The monoisotopic (exact) mass is 479 g/mol. The Kier molecular flexibility index (Phi) is 4.81. The van der Waals surface area contributed by atoms with Gasteiger partial charge < -0.3 is 33.5 Å². The molecular formula is C26H41NO7. The molecule has 5 saturated carbocycles. The van der Waals surface area contributed by atoms with E-state index in [9.17, 15) is 5.11 Å². The number of nitrogens with zero attached hydrogens (tertiary/aromatic N) is 1. The van der Waals surface area contributed by atoms with Gasteiger partial charge in [-0.1, -0.05) is 6.92 Å². The van der Waals surface area contributed by atoms with E-state index in [4.69, 9.17) is 28.4 Å². The lowest BCUT2D eigenvalue weighted by atomic mass is 9.42. The average Bonchev–Trinajstić information content (AvgIpc) is 3.42. The van der Waals surface area contributed by atoms with Crippen molar-refractivity contribution in [2.24, 2.45) is 34.5 Å². The largest absolute Gasteiger partial charge is 0.390 e. The maximum atomic E-state index is 12.6. The number of aliphatic hydroxyl groups is 1. The molecule has 13 atom stereocenters. The molecule has 7 aliphatic rings. The highest BCUT2D eigenvalue weighted by molar-refractivity contribution is 5.42. The summed E-state index contributed by atoms with van der Waals surface area (Å²) in [7, 11) is 7.32. The first-order valence-corrected chi connectivity index (χ1v) is 13.2. The molecule has 0 aromatic rings. The van der Waals surface area contributed by atoms with Crippen molar-refractivity contribution >= 4 is 0 Å². The van der Waals surface area contributed by atoms with E-state index in [0.29, 0.717) is 18.4 Å². The van der Waals surface area contributed by atoms with Crippen LogP contribution in [0.15, 0.2) is 0 Å². The Morgan fingerprint density at radius 2 is 1.91 bits per heavy atom. The quantitative estimate of drug-likeness (QED) is 0.611. The number of rotatable bonds is 6. The predicted octanol–water partition coefficient (Wildman–Crippen LogP) is 1.29. The van der Waals surface area contributed by atoms with Gasteiger partial charge in [-0.25, -0.2) is 0 Å². The maximum absolute atomic E-state index is 12.6. The minimum Gasteiger partial charge on any atom is -0.390 e. The third kappa shape index (κ3) is 2.05. The maximum Gasteiger partial charge on any atom is 0.148 e. The molecule has 2 heterocycles. The predicted molar refractivity (Wildman–Crippen MR) is 121 cm³/mol. The summed E-state index contributed by atoms with van der Waals surface area (Å²) in [5.74, 6) is 0.813. The highest BCUT2D eigenvalue weighted by Gasteiger charge is 2.93. The molecule has 0 radical (unpaired) electrons. The molecule has 2 saturated heterocycles. The summed E-state index contributed by atoms with van der Waals surface area (Å²) in [5, 5.41) is 12.6. The number of aliphatic hydroxyl groups excluding tert-OH is 1. The summed E-state index contributed by atoms with van der Waals surface area (Å²) in [4.78, 5) is 2.61. The van der Waals surface area contributed by atoms with E-state index < -0.39 is 17.3 Å². The van der Waals surface area contributed by atoms with Gasteiger partial charge in [-0.05, 0) is 31.7 Å². The van der Waals surface area contributed by atoms with Crippen LogP contribution in [0.1, 0.15) is 32.6 Å². The molecule has 7 bridgehead atoms. The third-order valence-electron chi connectivity index (χ3n) is 12.0. The van der Waals surface area contributed by atoms with Crippen molar-refractivity contribution in [3.8, 4) is 0 Å². The Hall–Kier alpha value is -0.320. The summed E-state index contributed by atoms with van der Waals surface area (Å²) in [6.07, 6.45) is 3.20. The lowest BCUT2D eigenvalue weighted by molar-refractivity contribution is -0.287. The Morgan fingerprint density at radius 1 is 1.09 bits per heavy atom. The third-order valence-corrected chi connectivity index (χ3v) is 12.0. The fourth-order valence-corrected chi connectivity index (χ4v) is 11.7. The van der Waals surface area contributed by atoms with E-state index in [-0.39, 0.29) is 53.8 Å². The first-order chi connectivity index (χ1) is 16.5. The second-order valence-corrected chi connectivity index (χ2v) is 12.2.